The number of rotatable bonds is 5. The molecule has 2 heterocycles. The summed E-state index contributed by atoms with van der Waals surface area (Å²) in [5, 5.41) is 50.5. The topological polar surface area (TPSA) is 153 Å². The Morgan fingerprint density at radius 1 is 1.11 bits per heavy atom. The fourth-order valence-corrected chi connectivity index (χ4v) is 6.34. The zero-order valence-electron chi connectivity index (χ0n) is 26.4. The molecule has 3 aliphatic rings. The third-order valence-corrected chi connectivity index (χ3v) is 8.79. The van der Waals surface area contributed by atoms with Crippen molar-refractivity contribution in [1.29, 1.82) is 0 Å². The molecular formula is C35H45N3O7. The summed E-state index contributed by atoms with van der Waals surface area (Å²) in [5.74, 6) is 7.53. The van der Waals surface area contributed by atoms with Gasteiger partial charge in [0, 0.05) is 55.4 Å². The molecule has 45 heavy (non-hydrogen) atoms. The summed E-state index contributed by atoms with van der Waals surface area (Å²) in [5.41, 5.74) is 3.48. The molecule has 0 saturated heterocycles. The molecule has 5 rings (SSSR count). The number of ether oxygens (including phenoxy) is 2. The maximum absolute atomic E-state index is 12.8. The molecule has 0 amide bonds. The van der Waals surface area contributed by atoms with Gasteiger partial charge in [0.15, 0.2) is 29.0 Å². The van der Waals surface area contributed by atoms with Crippen molar-refractivity contribution in [2.24, 2.45) is 16.8 Å². The molecule has 10 heteroatoms. The van der Waals surface area contributed by atoms with Crippen LogP contribution in [0.25, 0.3) is 0 Å². The number of aliphatic hydroxyl groups is 2. The lowest BCUT2D eigenvalue weighted by Crippen LogP contribution is -2.49. The summed E-state index contributed by atoms with van der Waals surface area (Å²) in [4.78, 5) is 17.4. The first-order valence-electron chi connectivity index (χ1n) is 16.0. The highest BCUT2D eigenvalue weighted by Crippen LogP contribution is 2.44. The maximum Gasteiger partial charge on any atom is 0.200 e. The monoisotopic (exact) mass is 619 g/mol. The first-order valence-corrected chi connectivity index (χ1v) is 16.0. The highest BCUT2D eigenvalue weighted by molar-refractivity contribution is 5.80. The van der Waals surface area contributed by atoms with E-state index < -0.39 is 12.4 Å². The van der Waals surface area contributed by atoms with Gasteiger partial charge in [-0.1, -0.05) is 37.8 Å². The zero-order chi connectivity index (χ0) is 32.1. The molecule has 6 N–H and O–H groups in total. The third kappa shape index (κ3) is 7.84. The minimum Gasteiger partial charge on any atom is -0.504 e. The van der Waals surface area contributed by atoms with E-state index in [0.29, 0.717) is 55.7 Å². The van der Waals surface area contributed by atoms with Crippen molar-refractivity contribution in [2.75, 3.05) is 20.2 Å². The van der Waals surface area contributed by atoms with E-state index in [1.54, 1.807) is 6.07 Å². The lowest BCUT2D eigenvalue weighted by atomic mass is 9.84. The Hall–Kier alpha value is -3.94. The molecule has 10 nitrogen and oxygen atoms in total. The fourth-order valence-electron chi connectivity index (χ4n) is 6.34. The number of aromatic hydroxyl groups is 2. The number of carbonyl (C=O) groups is 1. The number of ketones is 1. The molecule has 2 aromatic rings. The standard InChI is InChI=1S/C35H45N3O7/c1-20(2)19-37-35-36-14-13-25(38-35)16-24-17-29-22-8-11-27(40)18-26(39)10-7-21-9-12-30(41)32(44-3)28(21)6-4-5-23(15-22)31(42)33(29)45-34(24)43/h9,12,15,20,24-25,27,34,40-43H,5,7-8,10-11,13-14,16-19H2,1-3H3,(H2,36,37,38)/t24-,25+,27+,34+/m0/s1. The summed E-state index contributed by atoms with van der Waals surface area (Å²) < 4.78 is 11.5. The summed E-state index contributed by atoms with van der Waals surface area (Å²) in [6.07, 6.45) is 1.72. The number of phenolic OH excluding ortho intramolecular Hbond substituents is 2. The highest BCUT2D eigenvalue weighted by atomic mass is 16.6. The fraction of sp³-hybridized carbons (Fsp3) is 0.543. The van der Waals surface area contributed by atoms with Crippen molar-refractivity contribution in [3.8, 4) is 34.8 Å². The molecule has 0 radical (unpaired) electrons. The number of aryl methyl sites for hydroxylation is 2. The van der Waals surface area contributed by atoms with Gasteiger partial charge < -0.3 is 40.5 Å². The van der Waals surface area contributed by atoms with Gasteiger partial charge in [-0.15, -0.1) is 0 Å². The van der Waals surface area contributed by atoms with Gasteiger partial charge in [0.1, 0.15) is 5.78 Å². The molecule has 2 aromatic carbocycles. The number of carbonyl (C=O) groups excluding carboxylic acids is 1. The van der Waals surface area contributed by atoms with Crippen LogP contribution in [0.5, 0.6) is 23.0 Å². The highest BCUT2D eigenvalue weighted by Gasteiger charge is 2.35. The van der Waals surface area contributed by atoms with Crippen LogP contribution < -0.4 is 20.1 Å². The number of guanidine groups is 1. The average Bonchev–Trinajstić information content (AvgIpc) is 3.01. The third-order valence-electron chi connectivity index (χ3n) is 8.79. The molecule has 0 spiro atoms. The number of hydrogen-bond donors (Lipinski definition) is 6. The number of phenols is 2. The number of Topliss-reactive ketones (excluding diaryl/α,β-unsaturated/α-hetero) is 1. The lowest BCUT2D eigenvalue weighted by Gasteiger charge is -2.35. The summed E-state index contributed by atoms with van der Waals surface area (Å²) >= 11 is 0. The number of nitrogens with one attached hydrogen (secondary N) is 2. The van der Waals surface area contributed by atoms with Gasteiger partial charge in [-0.05, 0) is 61.6 Å². The van der Waals surface area contributed by atoms with Crippen molar-refractivity contribution >= 4 is 11.7 Å². The molecule has 2 aliphatic heterocycles. The van der Waals surface area contributed by atoms with E-state index in [1.807, 2.05) is 6.07 Å². The largest absolute Gasteiger partial charge is 0.504 e. The van der Waals surface area contributed by atoms with Gasteiger partial charge in [-0.2, -0.15) is 0 Å². The first-order chi connectivity index (χ1) is 21.6. The minimum atomic E-state index is -1.11. The van der Waals surface area contributed by atoms with E-state index in [4.69, 9.17) is 9.47 Å². The van der Waals surface area contributed by atoms with Crippen LogP contribution in [0.3, 0.4) is 0 Å². The van der Waals surface area contributed by atoms with Crippen molar-refractivity contribution < 1.29 is 34.7 Å². The van der Waals surface area contributed by atoms with Crippen LogP contribution in [0.4, 0.5) is 0 Å². The van der Waals surface area contributed by atoms with Gasteiger partial charge in [0.25, 0.3) is 0 Å². The molecule has 2 bridgehead atoms. The summed E-state index contributed by atoms with van der Waals surface area (Å²) in [6.45, 7) is 5.79. The van der Waals surface area contributed by atoms with E-state index in [-0.39, 0.29) is 60.0 Å². The van der Waals surface area contributed by atoms with E-state index in [2.05, 4.69) is 41.3 Å². The van der Waals surface area contributed by atoms with Gasteiger partial charge in [0.2, 0.25) is 6.29 Å². The van der Waals surface area contributed by atoms with E-state index in [9.17, 15) is 25.2 Å². The Bertz CT molecular complexity index is 1490. The number of benzene rings is 2. The van der Waals surface area contributed by atoms with Gasteiger partial charge >= 0.3 is 0 Å². The normalized spacial score (nSPS) is 23.5. The molecule has 0 unspecified atom stereocenters. The molecule has 1 aliphatic carbocycles. The number of hydrogen-bond acceptors (Lipinski definition) is 10. The Morgan fingerprint density at radius 2 is 1.93 bits per heavy atom. The number of methoxy groups -OCH3 is 1. The van der Waals surface area contributed by atoms with Crippen molar-refractivity contribution in [3.63, 3.8) is 0 Å². The Balaban J connectivity index is 1.43. The summed E-state index contributed by atoms with van der Waals surface area (Å²) in [6, 6.07) is 5.25. The SMILES string of the molecule is COc1c(O)ccc2c1C#CCc1cc(c3c(c1O)O[C@@H](O)[C@@H](C[C@H]1CCN=C(NCC(C)C)N1)C3)CC[C@@H](O)CC(=O)CC2. The van der Waals surface area contributed by atoms with Crippen molar-refractivity contribution in [2.45, 2.75) is 90.1 Å². The van der Waals surface area contributed by atoms with Crippen LogP contribution in [0, 0.1) is 23.7 Å². The molecule has 0 aromatic heterocycles. The maximum atomic E-state index is 12.8. The second kappa shape index (κ2) is 14.4. The quantitative estimate of drug-likeness (QED) is 0.277. The Kier molecular flexibility index (Phi) is 10.4. The molecule has 0 saturated carbocycles. The van der Waals surface area contributed by atoms with Crippen LogP contribution in [-0.4, -0.2) is 70.8 Å². The van der Waals surface area contributed by atoms with E-state index in [0.717, 1.165) is 35.6 Å². The molecule has 242 valence electrons. The number of aliphatic hydroxyl groups excluding tert-OH is 2. The van der Waals surface area contributed by atoms with Crippen molar-refractivity contribution in [3.05, 3.63) is 46.0 Å². The van der Waals surface area contributed by atoms with Gasteiger partial charge in [0.05, 0.1) is 18.8 Å². The minimum absolute atomic E-state index is 0.0310. The van der Waals surface area contributed by atoms with Gasteiger partial charge in [-0.3, -0.25) is 9.79 Å². The van der Waals surface area contributed by atoms with Crippen molar-refractivity contribution in [1.82, 2.24) is 10.6 Å². The van der Waals surface area contributed by atoms with Gasteiger partial charge in [-0.25, -0.2) is 0 Å². The average molecular weight is 620 g/mol. The Morgan fingerprint density at radius 3 is 2.71 bits per heavy atom. The van der Waals surface area contributed by atoms with Crippen LogP contribution in [0.2, 0.25) is 0 Å². The zero-order valence-corrected chi connectivity index (χ0v) is 26.4. The van der Waals surface area contributed by atoms with Crippen LogP contribution >= 0.6 is 0 Å². The lowest BCUT2D eigenvalue weighted by molar-refractivity contribution is -0.121. The number of aliphatic imine (C=N–C) groups is 1. The van der Waals surface area contributed by atoms with Crippen LogP contribution in [-0.2, 0) is 30.5 Å². The predicted molar refractivity (Wildman–Crippen MR) is 171 cm³/mol. The first kappa shape index (κ1) is 32.5. The van der Waals surface area contributed by atoms with E-state index in [1.165, 1.54) is 13.2 Å². The van der Waals surface area contributed by atoms with Crippen LogP contribution in [0.1, 0.15) is 73.8 Å². The molecule has 4 atom stereocenters. The van der Waals surface area contributed by atoms with E-state index >= 15 is 0 Å². The van der Waals surface area contributed by atoms with Crippen LogP contribution in [0.15, 0.2) is 23.2 Å². The molecular weight excluding hydrogens is 574 g/mol. The second-order valence-electron chi connectivity index (χ2n) is 12.8. The number of nitrogens with zero attached hydrogens (tertiary/aromatic N) is 1. The summed E-state index contributed by atoms with van der Waals surface area (Å²) in [7, 11) is 1.45. The second-order valence-corrected chi connectivity index (χ2v) is 12.8. The predicted octanol–water partition coefficient (Wildman–Crippen LogP) is 3.12. The number of fused-ring (bicyclic) bond motifs is 5. The Labute approximate surface area is 264 Å². The molecule has 0 fully saturated rings. The smallest absolute Gasteiger partial charge is 0.200 e.